The van der Waals surface area contributed by atoms with Gasteiger partial charge in [0.15, 0.2) is 5.96 Å². The zero-order valence-electron chi connectivity index (χ0n) is 19.5. The number of para-hydroxylation sites is 1. The Kier molecular flexibility index (Phi) is 7.36. The molecule has 9 heteroatoms. The first-order chi connectivity index (χ1) is 14.7. The van der Waals surface area contributed by atoms with E-state index in [2.05, 4.69) is 29.3 Å². The van der Waals surface area contributed by atoms with E-state index in [-0.39, 0.29) is 36.1 Å². The smallest absolute Gasteiger partial charge is 0.410 e. The summed E-state index contributed by atoms with van der Waals surface area (Å²) >= 11 is 0. The fraction of sp³-hybridized carbons (Fsp3) is 0.522. The van der Waals surface area contributed by atoms with Crippen LogP contribution in [-0.2, 0) is 11.3 Å². The van der Waals surface area contributed by atoms with Crippen molar-refractivity contribution in [3.05, 3.63) is 47.3 Å². The van der Waals surface area contributed by atoms with Gasteiger partial charge >= 0.3 is 6.09 Å². The fourth-order valence-electron chi connectivity index (χ4n) is 4.14. The summed E-state index contributed by atoms with van der Waals surface area (Å²) in [6.07, 6.45) is -0.242. The highest BCUT2D eigenvalue weighted by molar-refractivity contribution is 14.0. The molecule has 0 radical (unpaired) electrons. The Labute approximate surface area is 207 Å². The van der Waals surface area contributed by atoms with Crippen molar-refractivity contribution in [1.82, 2.24) is 24.9 Å². The summed E-state index contributed by atoms with van der Waals surface area (Å²) in [4.78, 5) is 21.2. The van der Waals surface area contributed by atoms with Gasteiger partial charge in [0.2, 0.25) is 0 Å². The van der Waals surface area contributed by atoms with Gasteiger partial charge in [0.25, 0.3) is 0 Å². The minimum atomic E-state index is -0.479. The van der Waals surface area contributed by atoms with E-state index < -0.39 is 5.60 Å². The second-order valence-electron chi connectivity index (χ2n) is 9.19. The van der Waals surface area contributed by atoms with Crippen molar-refractivity contribution in [1.29, 1.82) is 0 Å². The Bertz CT molecular complexity index is 982. The van der Waals surface area contributed by atoms with Crippen LogP contribution >= 0.6 is 24.0 Å². The number of nitrogens with zero attached hydrogens (tertiary/aromatic N) is 5. The van der Waals surface area contributed by atoms with E-state index in [1.54, 1.807) is 4.90 Å². The van der Waals surface area contributed by atoms with Crippen LogP contribution in [-0.4, -0.2) is 69.5 Å². The van der Waals surface area contributed by atoms with Crippen LogP contribution in [0.4, 0.5) is 4.79 Å². The molecule has 1 atom stereocenters. The summed E-state index contributed by atoms with van der Waals surface area (Å²) in [5.41, 5.74) is 3.90. The number of ether oxygens (including phenoxy) is 1. The van der Waals surface area contributed by atoms with Crippen LogP contribution in [0.25, 0.3) is 5.69 Å². The monoisotopic (exact) mass is 552 g/mol. The third-order valence-corrected chi connectivity index (χ3v) is 5.72. The maximum atomic E-state index is 12.4. The van der Waals surface area contributed by atoms with E-state index >= 15 is 0 Å². The predicted octanol–water partition coefficient (Wildman–Crippen LogP) is 3.49. The average molecular weight is 552 g/mol. The first-order valence-electron chi connectivity index (χ1n) is 10.9. The Morgan fingerprint density at radius 3 is 2.59 bits per heavy atom. The summed E-state index contributed by atoms with van der Waals surface area (Å²) in [7, 11) is 0. The first kappa shape index (κ1) is 24.3. The summed E-state index contributed by atoms with van der Waals surface area (Å²) in [6, 6.07) is 10.4. The molecule has 1 saturated heterocycles. The maximum absolute atomic E-state index is 12.4. The lowest BCUT2D eigenvalue weighted by molar-refractivity contribution is 0.0137. The number of aromatic nitrogens is 2. The molecular weight excluding hydrogens is 519 g/mol. The quantitative estimate of drug-likeness (QED) is 0.591. The average Bonchev–Trinajstić information content (AvgIpc) is 3.25. The van der Waals surface area contributed by atoms with Gasteiger partial charge in [-0.3, -0.25) is 4.99 Å². The standard InChI is InChI=1S/C23H32N6O2.HI/c1-16-20(17(2)29(26-16)18-9-7-6-8-10-18)14-25-21-24-13-19-15-27(11-12-28(19)21)22(30)31-23(3,4)5;/h6-10,19H,11-15H2,1-5H3,(H,24,25);1H. The van der Waals surface area contributed by atoms with E-state index in [4.69, 9.17) is 14.8 Å². The van der Waals surface area contributed by atoms with Gasteiger partial charge in [0.05, 0.1) is 24.0 Å². The molecule has 1 aromatic heterocycles. The van der Waals surface area contributed by atoms with Gasteiger partial charge in [0.1, 0.15) is 5.60 Å². The van der Waals surface area contributed by atoms with Gasteiger partial charge in [-0.2, -0.15) is 5.10 Å². The van der Waals surface area contributed by atoms with Crippen LogP contribution in [0.5, 0.6) is 0 Å². The molecule has 2 aliphatic heterocycles. The normalized spacial score (nSPS) is 18.0. The van der Waals surface area contributed by atoms with Gasteiger partial charge in [0, 0.05) is 37.4 Å². The number of halogens is 1. The van der Waals surface area contributed by atoms with Crippen molar-refractivity contribution in [2.45, 2.75) is 52.8 Å². The molecule has 174 valence electrons. The van der Waals surface area contributed by atoms with Crippen molar-refractivity contribution in [3.63, 3.8) is 0 Å². The van der Waals surface area contributed by atoms with Crippen molar-refractivity contribution in [2.75, 3.05) is 26.2 Å². The van der Waals surface area contributed by atoms with Crippen LogP contribution in [0.15, 0.2) is 35.3 Å². The van der Waals surface area contributed by atoms with E-state index in [0.717, 1.165) is 29.6 Å². The Morgan fingerprint density at radius 2 is 1.91 bits per heavy atom. The van der Waals surface area contributed by atoms with Gasteiger partial charge in [-0.1, -0.05) is 18.2 Å². The SMILES string of the molecule is Cc1nn(-c2ccccc2)c(C)c1CNC1=NCC2CN(C(=O)OC(C)(C)C)CCN12.I. The summed E-state index contributed by atoms with van der Waals surface area (Å²) in [5, 5.41) is 8.24. The summed E-state index contributed by atoms with van der Waals surface area (Å²) in [5.74, 6) is 0.903. The number of hydrogen-bond donors (Lipinski definition) is 1. The van der Waals surface area contributed by atoms with Gasteiger partial charge < -0.3 is 19.9 Å². The topological polar surface area (TPSA) is 75.0 Å². The molecule has 3 heterocycles. The molecule has 0 spiro atoms. The fourth-order valence-corrected chi connectivity index (χ4v) is 4.14. The molecule has 0 saturated carbocycles. The van der Waals surface area contributed by atoms with E-state index in [1.165, 1.54) is 5.56 Å². The molecule has 4 rings (SSSR count). The minimum Gasteiger partial charge on any atom is -0.444 e. The highest BCUT2D eigenvalue weighted by atomic mass is 127. The number of nitrogens with one attached hydrogen (secondary N) is 1. The third kappa shape index (κ3) is 5.19. The van der Waals surface area contributed by atoms with Crippen molar-refractivity contribution < 1.29 is 9.53 Å². The summed E-state index contributed by atoms with van der Waals surface area (Å²) < 4.78 is 7.52. The lowest BCUT2D eigenvalue weighted by Crippen LogP contribution is -2.57. The van der Waals surface area contributed by atoms with Crippen LogP contribution in [0, 0.1) is 13.8 Å². The largest absolute Gasteiger partial charge is 0.444 e. The maximum Gasteiger partial charge on any atom is 0.410 e. The number of aryl methyl sites for hydroxylation is 1. The molecule has 0 bridgehead atoms. The Balaban J connectivity index is 0.00000289. The second-order valence-corrected chi connectivity index (χ2v) is 9.19. The Morgan fingerprint density at radius 1 is 1.19 bits per heavy atom. The number of hydrogen-bond acceptors (Lipinski definition) is 6. The number of carbonyl (C=O) groups excluding carboxylic acids is 1. The molecule has 2 aliphatic rings. The molecule has 1 fully saturated rings. The molecule has 0 aliphatic carbocycles. The molecule has 8 nitrogen and oxygen atoms in total. The van der Waals surface area contributed by atoms with E-state index in [0.29, 0.717) is 26.2 Å². The number of benzene rings is 1. The van der Waals surface area contributed by atoms with Crippen LogP contribution in [0.1, 0.15) is 37.7 Å². The van der Waals surface area contributed by atoms with Crippen molar-refractivity contribution in [2.24, 2.45) is 4.99 Å². The zero-order chi connectivity index (χ0) is 22.2. The van der Waals surface area contributed by atoms with Crippen LogP contribution in [0.3, 0.4) is 0 Å². The van der Waals surface area contributed by atoms with E-state index in [9.17, 15) is 4.79 Å². The minimum absolute atomic E-state index is 0. The van der Waals surface area contributed by atoms with Crippen molar-refractivity contribution >= 4 is 36.0 Å². The second kappa shape index (κ2) is 9.68. The number of guanidine groups is 1. The molecule has 1 N–H and O–H groups in total. The first-order valence-corrected chi connectivity index (χ1v) is 10.9. The highest BCUT2D eigenvalue weighted by Gasteiger charge is 2.36. The van der Waals surface area contributed by atoms with Gasteiger partial charge in [-0.25, -0.2) is 9.48 Å². The van der Waals surface area contributed by atoms with Gasteiger partial charge in [-0.15, -0.1) is 24.0 Å². The highest BCUT2D eigenvalue weighted by Crippen LogP contribution is 2.21. The van der Waals surface area contributed by atoms with Crippen LogP contribution in [0.2, 0.25) is 0 Å². The number of aliphatic imine (C=N–C) groups is 1. The molecular formula is C23H33IN6O2. The molecule has 1 unspecified atom stereocenters. The predicted molar refractivity (Wildman–Crippen MR) is 136 cm³/mol. The number of fused-ring (bicyclic) bond motifs is 1. The summed E-state index contributed by atoms with van der Waals surface area (Å²) in [6.45, 7) is 13.2. The lowest BCUT2D eigenvalue weighted by atomic mass is 10.2. The van der Waals surface area contributed by atoms with Gasteiger partial charge in [-0.05, 0) is 46.8 Å². The number of amides is 1. The zero-order valence-corrected chi connectivity index (χ0v) is 21.8. The molecule has 1 amide bonds. The molecule has 1 aromatic carbocycles. The van der Waals surface area contributed by atoms with E-state index in [1.807, 2.05) is 50.6 Å². The third-order valence-electron chi connectivity index (χ3n) is 5.72. The lowest BCUT2D eigenvalue weighted by Gasteiger charge is -2.39. The van der Waals surface area contributed by atoms with Crippen molar-refractivity contribution in [3.8, 4) is 5.69 Å². The molecule has 32 heavy (non-hydrogen) atoms. The molecule has 2 aromatic rings. The van der Waals surface area contributed by atoms with Crippen LogP contribution < -0.4 is 5.32 Å². The number of piperazine rings is 1. The Hall–Kier alpha value is -2.30. The number of carbonyl (C=O) groups is 1. The number of rotatable bonds is 3.